The highest BCUT2D eigenvalue weighted by Crippen LogP contribution is 2.25. The summed E-state index contributed by atoms with van der Waals surface area (Å²) in [6.07, 6.45) is 3.89. The molecule has 3 rings (SSSR count). The molecular formula is C18H23NO4. The summed E-state index contributed by atoms with van der Waals surface area (Å²) in [5.74, 6) is 2.30. The second-order valence-corrected chi connectivity index (χ2v) is 5.58. The fourth-order valence-electron chi connectivity index (χ4n) is 2.64. The van der Waals surface area contributed by atoms with E-state index in [1.54, 1.807) is 7.11 Å². The molecule has 5 heteroatoms. The zero-order chi connectivity index (χ0) is 16.1. The lowest BCUT2D eigenvalue weighted by molar-refractivity contribution is -0.169. The van der Waals surface area contributed by atoms with Gasteiger partial charge in [-0.05, 0) is 43.5 Å². The first kappa shape index (κ1) is 16.0. The zero-order valence-electron chi connectivity index (χ0n) is 13.7. The van der Waals surface area contributed by atoms with Crippen LogP contribution in [-0.4, -0.2) is 25.0 Å². The van der Waals surface area contributed by atoms with Crippen LogP contribution in [0.25, 0.3) is 11.5 Å². The maximum atomic E-state index is 5.89. The molecule has 0 aliphatic carbocycles. The largest absolute Gasteiger partial charge is 0.497 e. The lowest BCUT2D eigenvalue weighted by Gasteiger charge is -2.22. The van der Waals surface area contributed by atoms with Gasteiger partial charge in [0.2, 0.25) is 5.89 Å². The average molecular weight is 317 g/mol. The summed E-state index contributed by atoms with van der Waals surface area (Å²) in [6, 6.07) is 7.69. The van der Waals surface area contributed by atoms with Crippen molar-refractivity contribution in [3.8, 4) is 17.2 Å². The predicted molar refractivity (Wildman–Crippen MR) is 86.2 cm³/mol. The summed E-state index contributed by atoms with van der Waals surface area (Å²) in [4.78, 5) is 4.60. The van der Waals surface area contributed by atoms with Crippen LogP contribution < -0.4 is 4.74 Å². The molecule has 0 N–H and O–H groups in total. The van der Waals surface area contributed by atoms with Crippen molar-refractivity contribution in [3.63, 3.8) is 0 Å². The van der Waals surface area contributed by atoms with Crippen LogP contribution in [0.3, 0.4) is 0 Å². The van der Waals surface area contributed by atoms with Gasteiger partial charge in [-0.3, -0.25) is 0 Å². The molecular weight excluding hydrogens is 294 g/mol. The Labute approximate surface area is 136 Å². The van der Waals surface area contributed by atoms with E-state index in [2.05, 4.69) is 11.9 Å². The number of ether oxygens (including phenoxy) is 3. The Morgan fingerprint density at radius 1 is 1.22 bits per heavy atom. The number of aryl methyl sites for hydroxylation is 1. The van der Waals surface area contributed by atoms with Crippen molar-refractivity contribution in [3.05, 3.63) is 35.7 Å². The minimum Gasteiger partial charge on any atom is -0.497 e. The highest BCUT2D eigenvalue weighted by molar-refractivity contribution is 5.55. The third kappa shape index (κ3) is 3.92. The van der Waals surface area contributed by atoms with Crippen LogP contribution in [0.1, 0.15) is 37.6 Å². The molecule has 0 saturated carbocycles. The molecule has 5 nitrogen and oxygen atoms in total. The first-order chi connectivity index (χ1) is 11.3. The van der Waals surface area contributed by atoms with Crippen LogP contribution in [0.2, 0.25) is 0 Å². The van der Waals surface area contributed by atoms with Crippen molar-refractivity contribution >= 4 is 0 Å². The standard InChI is InChI=1S/C18H23NO4/c1-3-16-15(12-22-17-6-4-5-11-21-17)19-18(23-16)13-7-9-14(20-2)10-8-13/h7-10,17H,3-6,11-12H2,1-2H3. The molecule has 2 heterocycles. The van der Waals surface area contributed by atoms with Crippen molar-refractivity contribution < 1.29 is 18.6 Å². The normalized spacial score (nSPS) is 18.1. The van der Waals surface area contributed by atoms with Gasteiger partial charge in [-0.1, -0.05) is 6.92 Å². The predicted octanol–water partition coefficient (Wildman–Crippen LogP) is 3.96. The third-order valence-electron chi connectivity index (χ3n) is 3.98. The van der Waals surface area contributed by atoms with Crippen LogP contribution in [0.4, 0.5) is 0 Å². The lowest BCUT2D eigenvalue weighted by atomic mass is 10.2. The first-order valence-electron chi connectivity index (χ1n) is 8.16. The van der Waals surface area contributed by atoms with Crippen LogP contribution in [0.5, 0.6) is 5.75 Å². The van der Waals surface area contributed by atoms with Crippen molar-refractivity contribution in [2.45, 2.75) is 45.5 Å². The van der Waals surface area contributed by atoms with Gasteiger partial charge in [0.15, 0.2) is 6.29 Å². The molecule has 0 amide bonds. The maximum absolute atomic E-state index is 5.89. The molecule has 1 aromatic heterocycles. The van der Waals surface area contributed by atoms with Gasteiger partial charge in [0.25, 0.3) is 0 Å². The van der Waals surface area contributed by atoms with Gasteiger partial charge < -0.3 is 18.6 Å². The van der Waals surface area contributed by atoms with Gasteiger partial charge >= 0.3 is 0 Å². The molecule has 1 atom stereocenters. The van der Waals surface area contributed by atoms with Crippen molar-refractivity contribution in [1.82, 2.24) is 4.98 Å². The van der Waals surface area contributed by atoms with Gasteiger partial charge in [0.05, 0.1) is 13.7 Å². The van der Waals surface area contributed by atoms with Crippen LogP contribution in [0, 0.1) is 0 Å². The molecule has 0 radical (unpaired) electrons. The number of hydrogen-bond acceptors (Lipinski definition) is 5. The van der Waals surface area contributed by atoms with E-state index in [0.717, 1.165) is 55.1 Å². The van der Waals surface area contributed by atoms with Crippen molar-refractivity contribution in [2.24, 2.45) is 0 Å². The molecule has 1 aliphatic rings. The topological polar surface area (TPSA) is 53.7 Å². The minimum absolute atomic E-state index is 0.116. The Bertz CT molecular complexity index is 614. The van der Waals surface area contributed by atoms with Crippen molar-refractivity contribution in [1.29, 1.82) is 0 Å². The molecule has 1 saturated heterocycles. The summed E-state index contributed by atoms with van der Waals surface area (Å²) in [5.41, 5.74) is 1.79. The van der Waals surface area contributed by atoms with Crippen LogP contribution in [0.15, 0.2) is 28.7 Å². The Morgan fingerprint density at radius 2 is 2.04 bits per heavy atom. The number of oxazole rings is 1. The van der Waals surface area contributed by atoms with Gasteiger partial charge in [-0.25, -0.2) is 4.98 Å². The van der Waals surface area contributed by atoms with E-state index in [0.29, 0.717) is 12.5 Å². The Balaban J connectivity index is 1.71. The molecule has 0 spiro atoms. The van der Waals surface area contributed by atoms with Gasteiger partial charge in [0, 0.05) is 18.6 Å². The van der Waals surface area contributed by atoms with Gasteiger partial charge in [-0.2, -0.15) is 0 Å². The quantitative estimate of drug-likeness (QED) is 0.807. The first-order valence-corrected chi connectivity index (χ1v) is 8.16. The molecule has 2 aromatic rings. The summed E-state index contributed by atoms with van der Waals surface area (Å²) < 4.78 is 22.5. The monoisotopic (exact) mass is 317 g/mol. The number of hydrogen-bond donors (Lipinski definition) is 0. The van der Waals surface area contributed by atoms with E-state index in [4.69, 9.17) is 18.6 Å². The highest BCUT2D eigenvalue weighted by Gasteiger charge is 2.18. The van der Waals surface area contributed by atoms with E-state index in [-0.39, 0.29) is 6.29 Å². The highest BCUT2D eigenvalue weighted by atomic mass is 16.7. The van der Waals surface area contributed by atoms with Gasteiger partial charge in [0.1, 0.15) is 17.2 Å². The maximum Gasteiger partial charge on any atom is 0.226 e. The Kier molecular flexibility index (Phi) is 5.31. The fraction of sp³-hybridized carbons (Fsp3) is 0.500. The van der Waals surface area contributed by atoms with E-state index >= 15 is 0 Å². The second-order valence-electron chi connectivity index (χ2n) is 5.58. The summed E-state index contributed by atoms with van der Waals surface area (Å²) in [6.45, 7) is 3.26. The van der Waals surface area contributed by atoms with E-state index < -0.39 is 0 Å². The number of aromatic nitrogens is 1. The number of benzene rings is 1. The minimum atomic E-state index is -0.116. The number of rotatable bonds is 6. The molecule has 0 bridgehead atoms. The Morgan fingerprint density at radius 3 is 2.70 bits per heavy atom. The lowest BCUT2D eigenvalue weighted by Crippen LogP contribution is -2.22. The summed E-state index contributed by atoms with van der Waals surface area (Å²) >= 11 is 0. The van der Waals surface area contributed by atoms with Crippen LogP contribution in [-0.2, 0) is 22.5 Å². The SMILES string of the molecule is CCc1oc(-c2ccc(OC)cc2)nc1COC1CCCCO1. The summed E-state index contributed by atoms with van der Waals surface area (Å²) in [7, 11) is 1.65. The van der Waals surface area contributed by atoms with Crippen LogP contribution >= 0.6 is 0 Å². The fourth-order valence-corrected chi connectivity index (χ4v) is 2.64. The van der Waals surface area contributed by atoms with E-state index in [1.165, 1.54) is 0 Å². The molecule has 1 fully saturated rings. The number of nitrogens with zero attached hydrogens (tertiary/aromatic N) is 1. The van der Waals surface area contributed by atoms with E-state index in [1.807, 2.05) is 24.3 Å². The molecule has 1 aliphatic heterocycles. The van der Waals surface area contributed by atoms with E-state index in [9.17, 15) is 0 Å². The van der Waals surface area contributed by atoms with Gasteiger partial charge in [-0.15, -0.1) is 0 Å². The average Bonchev–Trinajstić information content (AvgIpc) is 3.04. The second kappa shape index (κ2) is 7.62. The summed E-state index contributed by atoms with van der Waals surface area (Å²) in [5, 5.41) is 0. The molecule has 23 heavy (non-hydrogen) atoms. The smallest absolute Gasteiger partial charge is 0.226 e. The molecule has 124 valence electrons. The third-order valence-corrected chi connectivity index (χ3v) is 3.98. The zero-order valence-corrected chi connectivity index (χ0v) is 13.7. The molecule has 1 unspecified atom stereocenters. The number of methoxy groups -OCH3 is 1. The van der Waals surface area contributed by atoms with Crippen molar-refractivity contribution in [2.75, 3.05) is 13.7 Å². The Hall–Kier alpha value is -1.85. The molecule has 1 aromatic carbocycles.